The van der Waals surface area contributed by atoms with Crippen molar-refractivity contribution >= 4 is 17.7 Å². The van der Waals surface area contributed by atoms with Gasteiger partial charge in [0.05, 0.1) is 6.04 Å². The lowest BCUT2D eigenvalue weighted by Gasteiger charge is -2.28. The molecule has 0 radical (unpaired) electrons. The number of unbranched alkanes of at least 4 members (excludes halogenated alkanes) is 2. The van der Waals surface area contributed by atoms with Crippen molar-refractivity contribution in [3.8, 4) is 0 Å². The maximum absolute atomic E-state index is 11.9. The smallest absolute Gasteiger partial charge is 0.237 e. The van der Waals surface area contributed by atoms with E-state index >= 15 is 0 Å². The van der Waals surface area contributed by atoms with E-state index in [2.05, 4.69) is 23.8 Å². The van der Waals surface area contributed by atoms with Gasteiger partial charge in [-0.1, -0.05) is 13.3 Å². The molecule has 0 aromatic rings. The van der Waals surface area contributed by atoms with E-state index < -0.39 is 0 Å². The predicted octanol–water partition coefficient (Wildman–Crippen LogP) is 2.02. The van der Waals surface area contributed by atoms with E-state index in [0.717, 1.165) is 19.5 Å². The van der Waals surface area contributed by atoms with Gasteiger partial charge in [0.1, 0.15) is 0 Å². The van der Waals surface area contributed by atoms with E-state index in [1.54, 1.807) is 0 Å². The number of carbonyl (C=O) groups excluding carboxylic acids is 1. The predicted molar refractivity (Wildman–Crippen MR) is 75.4 cm³/mol. The van der Waals surface area contributed by atoms with Gasteiger partial charge in [-0.2, -0.15) is 11.8 Å². The van der Waals surface area contributed by atoms with Gasteiger partial charge in [0.2, 0.25) is 5.91 Å². The van der Waals surface area contributed by atoms with Crippen molar-refractivity contribution in [2.75, 3.05) is 25.1 Å². The van der Waals surface area contributed by atoms with Crippen molar-refractivity contribution in [2.45, 2.75) is 45.1 Å². The van der Waals surface area contributed by atoms with Crippen LogP contribution in [0.15, 0.2) is 0 Å². The van der Waals surface area contributed by atoms with E-state index in [4.69, 9.17) is 0 Å². The Hall–Kier alpha value is -0.220. The highest BCUT2D eigenvalue weighted by Gasteiger charge is 2.26. The number of piperidine rings is 1. The standard InChI is InChI=1S/C13H26N2OS/c1-11-7-6-9-14-12(11)13(16)15-8-4-3-5-10-17-2/h11-12,14H,3-10H2,1-2H3,(H,15,16). The van der Waals surface area contributed by atoms with Gasteiger partial charge in [-0.05, 0) is 50.2 Å². The average molecular weight is 258 g/mol. The van der Waals surface area contributed by atoms with Crippen molar-refractivity contribution in [1.82, 2.24) is 10.6 Å². The normalized spacial score (nSPS) is 24.6. The highest BCUT2D eigenvalue weighted by molar-refractivity contribution is 7.98. The molecule has 0 bridgehead atoms. The van der Waals surface area contributed by atoms with Crippen LogP contribution >= 0.6 is 11.8 Å². The van der Waals surface area contributed by atoms with Crippen molar-refractivity contribution in [3.63, 3.8) is 0 Å². The first-order chi connectivity index (χ1) is 8.25. The summed E-state index contributed by atoms with van der Waals surface area (Å²) in [6, 6.07) is 0.0370. The molecule has 4 heteroatoms. The van der Waals surface area contributed by atoms with Gasteiger partial charge < -0.3 is 10.6 Å². The Kier molecular flexibility index (Phi) is 7.69. The molecular weight excluding hydrogens is 232 g/mol. The maximum atomic E-state index is 11.9. The lowest BCUT2D eigenvalue weighted by atomic mass is 9.92. The van der Waals surface area contributed by atoms with Crippen LogP contribution in [0.4, 0.5) is 0 Å². The second-order valence-electron chi connectivity index (χ2n) is 4.90. The zero-order valence-electron chi connectivity index (χ0n) is 11.1. The summed E-state index contributed by atoms with van der Waals surface area (Å²) in [4.78, 5) is 11.9. The molecule has 2 unspecified atom stereocenters. The molecule has 0 aromatic heterocycles. The highest BCUT2D eigenvalue weighted by Crippen LogP contribution is 2.15. The third-order valence-corrected chi connectivity index (χ3v) is 4.07. The molecule has 1 fully saturated rings. The molecule has 1 rings (SSSR count). The Labute approximate surface area is 109 Å². The van der Waals surface area contributed by atoms with Crippen LogP contribution in [0.2, 0.25) is 0 Å². The fraction of sp³-hybridized carbons (Fsp3) is 0.923. The minimum atomic E-state index is 0.0370. The number of nitrogens with one attached hydrogen (secondary N) is 2. The van der Waals surface area contributed by atoms with Gasteiger partial charge in [0.15, 0.2) is 0 Å². The van der Waals surface area contributed by atoms with Crippen LogP contribution < -0.4 is 10.6 Å². The number of hydrogen-bond acceptors (Lipinski definition) is 3. The van der Waals surface area contributed by atoms with E-state index in [9.17, 15) is 4.79 Å². The summed E-state index contributed by atoms with van der Waals surface area (Å²) < 4.78 is 0. The molecule has 2 atom stereocenters. The number of amides is 1. The third kappa shape index (κ3) is 5.77. The monoisotopic (exact) mass is 258 g/mol. The van der Waals surface area contributed by atoms with Crippen molar-refractivity contribution in [1.29, 1.82) is 0 Å². The van der Waals surface area contributed by atoms with Crippen LogP contribution in [0.3, 0.4) is 0 Å². The van der Waals surface area contributed by atoms with Crippen LogP contribution in [-0.4, -0.2) is 37.0 Å². The second kappa shape index (κ2) is 8.81. The second-order valence-corrected chi connectivity index (χ2v) is 5.88. The quantitative estimate of drug-likeness (QED) is 0.687. The molecule has 2 N–H and O–H groups in total. The van der Waals surface area contributed by atoms with E-state index in [0.29, 0.717) is 5.92 Å². The average Bonchev–Trinajstić information content (AvgIpc) is 2.34. The summed E-state index contributed by atoms with van der Waals surface area (Å²) in [5.41, 5.74) is 0. The zero-order valence-corrected chi connectivity index (χ0v) is 11.9. The summed E-state index contributed by atoms with van der Waals surface area (Å²) in [6.45, 7) is 3.98. The first-order valence-corrected chi connectivity index (χ1v) is 8.15. The minimum Gasteiger partial charge on any atom is -0.355 e. The Morgan fingerprint density at radius 2 is 2.24 bits per heavy atom. The molecule has 3 nitrogen and oxygen atoms in total. The zero-order chi connectivity index (χ0) is 12.5. The Balaban J connectivity index is 2.07. The topological polar surface area (TPSA) is 41.1 Å². The Morgan fingerprint density at radius 3 is 2.94 bits per heavy atom. The van der Waals surface area contributed by atoms with Crippen LogP contribution in [0.5, 0.6) is 0 Å². The maximum Gasteiger partial charge on any atom is 0.237 e. The van der Waals surface area contributed by atoms with Gasteiger partial charge in [0, 0.05) is 6.54 Å². The van der Waals surface area contributed by atoms with E-state index in [1.165, 1.54) is 31.4 Å². The molecule has 1 heterocycles. The molecule has 0 saturated carbocycles. The number of thioether (sulfide) groups is 1. The van der Waals surface area contributed by atoms with Crippen LogP contribution in [0.25, 0.3) is 0 Å². The molecule has 1 saturated heterocycles. The lowest BCUT2D eigenvalue weighted by Crippen LogP contribution is -2.51. The van der Waals surface area contributed by atoms with Crippen LogP contribution in [0.1, 0.15) is 39.0 Å². The molecular formula is C13H26N2OS. The van der Waals surface area contributed by atoms with E-state index in [-0.39, 0.29) is 11.9 Å². The first-order valence-electron chi connectivity index (χ1n) is 6.75. The molecule has 17 heavy (non-hydrogen) atoms. The lowest BCUT2D eigenvalue weighted by molar-refractivity contribution is -0.124. The summed E-state index contributed by atoms with van der Waals surface area (Å²) in [6.07, 6.45) is 8.08. The van der Waals surface area contributed by atoms with Crippen molar-refractivity contribution in [2.24, 2.45) is 5.92 Å². The third-order valence-electron chi connectivity index (χ3n) is 3.38. The Morgan fingerprint density at radius 1 is 1.41 bits per heavy atom. The van der Waals surface area contributed by atoms with Gasteiger partial charge in [-0.3, -0.25) is 4.79 Å². The summed E-state index contributed by atoms with van der Waals surface area (Å²) in [7, 11) is 0. The number of rotatable bonds is 7. The SMILES string of the molecule is CSCCCCCNC(=O)C1NCCCC1C. The van der Waals surface area contributed by atoms with Gasteiger partial charge in [0.25, 0.3) is 0 Å². The Bertz CT molecular complexity index is 223. The molecule has 0 spiro atoms. The fourth-order valence-electron chi connectivity index (χ4n) is 2.27. The van der Waals surface area contributed by atoms with Crippen molar-refractivity contribution < 1.29 is 4.79 Å². The molecule has 0 aromatic carbocycles. The number of hydrogen-bond donors (Lipinski definition) is 2. The largest absolute Gasteiger partial charge is 0.355 e. The summed E-state index contributed by atoms with van der Waals surface area (Å²) in [5, 5.41) is 6.37. The van der Waals surface area contributed by atoms with Crippen LogP contribution in [0, 0.1) is 5.92 Å². The van der Waals surface area contributed by atoms with Crippen molar-refractivity contribution in [3.05, 3.63) is 0 Å². The van der Waals surface area contributed by atoms with Gasteiger partial charge >= 0.3 is 0 Å². The summed E-state index contributed by atoms with van der Waals surface area (Å²) >= 11 is 1.89. The minimum absolute atomic E-state index is 0.0370. The molecule has 0 aliphatic carbocycles. The molecule has 100 valence electrons. The number of carbonyl (C=O) groups is 1. The molecule has 1 amide bonds. The van der Waals surface area contributed by atoms with E-state index in [1.807, 2.05) is 11.8 Å². The van der Waals surface area contributed by atoms with Gasteiger partial charge in [-0.25, -0.2) is 0 Å². The summed E-state index contributed by atoms with van der Waals surface area (Å²) in [5.74, 6) is 1.90. The first kappa shape index (κ1) is 14.8. The highest BCUT2D eigenvalue weighted by atomic mass is 32.2. The molecule has 1 aliphatic rings. The van der Waals surface area contributed by atoms with Gasteiger partial charge in [-0.15, -0.1) is 0 Å². The van der Waals surface area contributed by atoms with Crippen LogP contribution in [-0.2, 0) is 4.79 Å². The molecule has 1 aliphatic heterocycles. The fourth-order valence-corrected chi connectivity index (χ4v) is 2.76.